The molecule has 1 nitrogen and oxygen atoms in total. The van der Waals surface area contributed by atoms with E-state index < -0.39 is 7.59 Å². The van der Waals surface area contributed by atoms with E-state index in [4.69, 9.17) is 74.3 Å². The highest BCUT2D eigenvalue weighted by Crippen LogP contribution is 2.40. The molecule has 0 bridgehead atoms. The average Bonchev–Trinajstić information content (AvgIpc) is 1.82. The summed E-state index contributed by atoms with van der Waals surface area (Å²) in [5.74, 6) is -0.373. The van der Waals surface area contributed by atoms with Gasteiger partial charge >= 0.3 is 0 Å². The molecule has 0 aromatic heterocycles. The van der Waals surface area contributed by atoms with Crippen molar-refractivity contribution in [2.24, 2.45) is 0 Å². The van der Waals surface area contributed by atoms with Gasteiger partial charge in [-0.3, -0.25) is 0 Å². The highest BCUT2D eigenvalue weighted by Gasteiger charge is 2.32. The van der Waals surface area contributed by atoms with Crippen LogP contribution in [0.5, 0.6) is 0 Å². The zero-order valence-corrected chi connectivity index (χ0v) is 10.6. The zero-order valence-electron chi connectivity index (χ0n) is 6.09. The molecule has 0 N–H and O–H groups in total. The monoisotopic (exact) mass is 302 g/mol. The maximum Gasteiger partial charge on any atom is 0.247 e. The molecule has 7 heteroatoms. The maximum atomic E-state index is 5.41. The second-order valence-corrected chi connectivity index (χ2v) is 6.51. The smallest absolute Gasteiger partial charge is 0.247 e. The Balaban J connectivity index is 4.34. The van der Waals surface area contributed by atoms with Gasteiger partial charge in [-0.1, -0.05) is 82.8 Å². The summed E-state index contributed by atoms with van der Waals surface area (Å²) in [5.41, 5.74) is 0. The average molecular weight is 305 g/mol. The Kier molecular flexibility index (Phi) is 5.06. The van der Waals surface area contributed by atoms with Gasteiger partial charge in [0.25, 0.3) is 0 Å². The van der Waals surface area contributed by atoms with E-state index in [1.807, 2.05) is 0 Å². The Morgan fingerprint density at radius 3 is 1.15 bits per heavy atom. The molecule has 0 saturated carbocycles. The van der Waals surface area contributed by atoms with Crippen molar-refractivity contribution in [1.82, 2.24) is 0 Å². The third-order valence-corrected chi connectivity index (χ3v) is 2.14. The summed E-state index contributed by atoms with van der Waals surface area (Å²) in [6.07, 6.45) is 0. The number of rotatable bonds is 2. The normalized spacial score (nSPS) is 12.5. The van der Waals surface area contributed by atoms with Gasteiger partial charge in [-0.2, -0.15) is 0 Å². The first-order valence-electron chi connectivity index (χ1n) is 2.75. The molecule has 0 aliphatic heterocycles. The summed E-state index contributed by atoms with van der Waals surface area (Å²) in [6, 6.07) is 0. The standard InChI is InChI=1S/C6H4Cl6O/c1-3(5(7,8)9)13-4(2)6(10,11)12/h1-2H2. The van der Waals surface area contributed by atoms with Crippen LogP contribution >= 0.6 is 69.6 Å². The van der Waals surface area contributed by atoms with Crippen LogP contribution in [0.4, 0.5) is 0 Å². The topological polar surface area (TPSA) is 9.23 Å². The molecule has 76 valence electrons. The molecule has 0 aliphatic carbocycles. The van der Waals surface area contributed by atoms with Crippen LogP contribution in [0.2, 0.25) is 0 Å². The predicted octanol–water partition coefficient (Wildman–Crippen LogP) is 4.77. The molecule has 0 aliphatic rings. The lowest BCUT2D eigenvalue weighted by atomic mass is 10.6. The van der Waals surface area contributed by atoms with E-state index in [2.05, 4.69) is 13.2 Å². The Morgan fingerprint density at radius 2 is 1.00 bits per heavy atom. The van der Waals surface area contributed by atoms with Crippen LogP contribution in [0.25, 0.3) is 0 Å². The van der Waals surface area contributed by atoms with E-state index in [0.29, 0.717) is 0 Å². The maximum absolute atomic E-state index is 5.41. The SMILES string of the molecule is C=C(OC(=C)C(Cl)(Cl)Cl)C(Cl)(Cl)Cl. The van der Waals surface area contributed by atoms with Gasteiger partial charge in [0.2, 0.25) is 7.59 Å². The molecule has 0 unspecified atom stereocenters. The van der Waals surface area contributed by atoms with E-state index in [1.54, 1.807) is 0 Å². The molecule has 0 amide bonds. The van der Waals surface area contributed by atoms with Gasteiger partial charge in [0, 0.05) is 0 Å². The number of ether oxygens (including phenoxy) is 1. The summed E-state index contributed by atoms with van der Waals surface area (Å²) in [7, 11) is 0. The van der Waals surface area contributed by atoms with Gasteiger partial charge in [0.05, 0.1) is 0 Å². The predicted molar refractivity (Wildman–Crippen MR) is 59.9 cm³/mol. The Labute approximate surface area is 106 Å². The lowest BCUT2D eigenvalue weighted by Crippen LogP contribution is -2.15. The Morgan fingerprint density at radius 1 is 0.769 bits per heavy atom. The highest BCUT2D eigenvalue weighted by atomic mass is 35.6. The van der Waals surface area contributed by atoms with E-state index in [9.17, 15) is 0 Å². The first kappa shape index (κ1) is 14.0. The van der Waals surface area contributed by atoms with E-state index in [0.717, 1.165) is 0 Å². The number of allylic oxidation sites excluding steroid dienone is 2. The first-order chi connectivity index (χ1) is 5.55. The quantitative estimate of drug-likeness (QED) is 0.527. The van der Waals surface area contributed by atoms with Gasteiger partial charge in [-0.15, -0.1) is 0 Å². The van der Waals surface area contributed by atoms with Gasteiger partial charge in [0.1, 0.15) is 11.5 Å². The van der Waals surface area contributed by atoms with Gasteiger partial charge in [-0.25, -0.2) is 0 Å². The number of halogens is 6. The van der Waals surface area contributed by atoms with E-state index in [-0.39, 0.29) is 11.5 Å². The summed E-state index contributed by atoms with van der Waals surface area (Å²) in [5, 5.41) is 0. The zero-order chi connectivity index (χ0) is 10.9. The van der Waals surface area contributed by atoms with Crippen LogP contribution in [0.3, 0.4) is 0 Å². The van der Waals surface area contributed by atoms with E-state index in [1.165, 1.54) is 0 Å². The fraction of sp³-hybridized carbons (Fsp3) is 0.333. The van der Waals surface area contributed by atoms with Crippen LogP contribution in [0.1, 0.15) is 0 Å². The number of alkyl halides is 6. The summed E-state index contributed by atoms with van der Waals surface area (Å²) >= 11 is 32.5. The van der Waals surface area contributed by atoms with Crippen LogP contribution in [-0.4, -0.2) is 7.59 Å². The Bertz CT molecular complexity index is 198. The largest absolute Gasteiger partial charge is 0.458 e. The highest BCUT2D eigenvalue weighted by molar-refractivity contribution is 6.70. The third kappa shape index (κ3) is 5.46. The molecular formula is C6H4Cl6O. The lowest BCUT2D eigenvalue weighted by molar-refractivity contribution is 0.297. The molecule has 0 heterocycles. The minimum Gasteiger partial charge on any atom is -0.458 e. The second-order valence-electron chi connectivity index (χ2n) is 1.94. The van der Waals surface area contributed by atoms with Gasteiger partial charge < -0.3 is 4.74 Å². The molecule has 0 saturated heterocycles. The van der Waals surface area contributed by atoms with Crippen LogP contribution in [0, 0.1) is 0 Å². The van der Waals surface area contributed by atoms with Crippen molar-refractivity contribution < 1.29 is 4.74 Å². The van der Waals surface area contributed by atoms with Crippen molar-refractivity contribution in [3.8, 4) is 0 Å². The minimum atomic E-state index is -1.78. The van der Waals surface area contributed by atoms with Crippen molar-refractivity contribution in [2.45, 2.75) is 7.59 Å². The molecule has 0 rings (SSSR count). The van der Waals surface area contributed by atoms with Crippen LogP contribution < -0.4 is 0 Å². The fourth-order valence-electron chi connectivity index (χ4n) is 0.264. The molecule has 0 aromatic carbocycles. The number of hydrogen-bond acceptors (Lipinski definition) is 1. The van der Waals surface area contributed by atoms with Gasteiger partial charge in [-0.05, 0) is 0 Å². The Hall–Kier alpha value is 1.02. The van der Waals surface area contributed by atoms with E-state index >= 15 is 0 Å². The molecule has 0 radical (unpaired) electrons. The minimum absolute atomic E-state index is 0.186. The molecule has 0 aromatic rings. The van der Waals surface area contributed by atoms with Crippen molar-refractivity contribution in [2.75, 3.05) is 0 Å². The van der Waals surface area contributed by atoms with Crippen molar-refractivity contribution >= 4 is 69.6 Å². The van der Waals surface area contributed by atoms with Crippen molar-refractivity contribution in [3.63, 3.8) is 0 Å². The fourth-order valence-corrected chi connectivity index (χ4v) is 0.496. The number of hydrogen-bond donors (Lipinski definition) is 0. The third-order valence-electron chi connectivity index (χ3n) is 0.879. The molecule has 0 atom stereocenters. The van der Waals surface area contributed by atoms with Crippen molar-refractivity contribution in [1.29, 1.82) is 0 Å². The second kappa shape index (κ2) is 4.69. The summed E-state index contributed by atoms with van der Waals surface area (Å²) < 4.78 is 1.24. The molecular weight excluding hydrogens is 301 g/mol. The lowest BCUT2D eigenvalue weighted by Gasteiger charge is -2.20. The summed E-state index contributed by atoms with van der Waals surface area (Å²) in [4.78, 5) is 0. The van der Waals surface area contributed by atoms with Crippen LogP contribution in [-0.2, 0) is 4.74 Å². The summed E-state index contributed by atoms with van der Waals surface area (Å²) in [6.45, 7) is 6.65. The van der Waals surface area contributed by atoms with Crippen LogP contribution in [0.15, 0.2) is 24.7 Å². The molecule has 13 heavy (non-hydrogen) atoms. The molecule has 0 spiro atoms. The first-order valence-corrected chi connectivity index (χ1v) is 5.02. The molecule has 0 fully saturated rings. The van der Waals surface area contributed by atoms with Gasteiger partial charge in [0.15, 0.2) is 0 Å². The van der Waals surface area contributed by atoms with Crippen molar-refractivity contribution in [3.05, 3.63) is 24.7 Å².